The van der Waals surface area contributed by atoms with Crippen molar-refractivity contribution in [1.29, 1.82) is 0 Å². The van der Waals surface area contributed by atoms with E-state index < -0.39 is 11.6 Å². The first-order valence-corrected chi connectivity index (χ1v) is 6.13. The van der Waals surface area contributed by atoms with E-state index in [0.29, 0.717) is 10.9 Å². The minimum Gasteiger partial charge on any atom is -0.343 e. The highest BCUT2D eigenvalue weighted by Crippen LogP contribution is 2.42. The van der Waals surface area contributed by atoms with Crippen LogP contribution in [-0.4, -0.2) is 29.1 Å². The third-order valence-corrected chi connectivity index (χ3v) is 4.02. The van der Waals surface area contributed by atoms with E-state index in [0.717, 1.165) is 25.5 Å². The predicted octanol–water partition coefficient (Wildman–Crippen LogP) is 3.01. The molecule has 4 heteroatoms. The van der Waals surface area contributed by atoms with Crippen LogP contribution in [0.3, 0.4) is 0 Å². The molecule has 2 nitrogen and oxygen atoms in total. The van der Waals surface area contributed by atoms with Gasteiger partial charge >= 0.3 is 0 Å². The normalized spacial score (nSPS) is 17.6. The molecule has 0 spiro atoms. The summed E-state index contributed by atoms with van der Waals surface area (Å²) in [6.45, 7) is 0.756. The van der Waals surface area contributed by atoms with Gasteiger partial charge in [-0.05, 0) is 39.1 Å². The zero-order valence-electron chi connectivity index (χ0n) is 10.6. The lowest BCUT2D eigenvalue weighted by atomic mass is 10.2. The predicted molar refractivity (Wildman–Crippen MR) is 67.5 cm³/mol. The van der Waals surface area contributed by atoms with Gasteiger partial charge in [0, 0.05) is 29.7 Å². The van der Waals surface area contributed by atoms with Crippen LogP contribution in [0.25, 0.3) is 10.9 Å². The Morgan fingerprint density at radius 1 is 1.28 bits per heavy atom. The van der Waals surface area contributed by atoms with E-state index >= 15 is 0 Å². The molecule has 1 aromatic carbocycles. The van der Waals surface area contributed by atoms with Gasteiger partial charge in [-0.3, -0.25) is 0 Å². The van der Waals surface area contributed by atoms with E-state index in [1.807, 2.05) is 10.8 Å². The topological polar surface area (TPSA) is 8.17 Å². The van der Waals surface area contributed by atoms with Crippen LogP contribution in [0, 0.1) is 11.6 Å². The third kappa shape index (κ3) is 1.72. The van der Waals surface area contributed by atoms with Crippen LogP contribution in [0.15, 0.2) is 24.4 Å². The molecular formula is C14H16F2N2. The van der Waals surface area contributed by atoms with Gasteiger partial charge in [-0.1, -0.05) is 0 Å². The Kier molecular flexibility index (Phi) is 2.45. The number of benzene rings is 1. The van der Waals surface area contributed by atoms with E-state index in [1.54, 1.807) is 6.07 Å². The number of hydrogen-bond acceptors (Lipinski definition) is 1. The summed E-state index contributed by atoms with van der Waals surface area (Å²) in [6.07, 6.45) is 4.10. The van der Waals surface area contributed by atoms with Crippen molar-refractivity contribution in [3.8, 4) is 0 Å². The molecule has 1 saturated carbocycles. The van der Waals surface area contributed by atoms with E-state index in [1.165, 1.54) is 6.07 Å². The maximum Gasteiger partial charge on any atom is 0.150 e. The molecule has 0 amide bonds. The molecular weight excluding hydrogens is 234 g/mol. The number of hydrogen-bond donors (Lipinski definition) is 0. The molecule has 0 bridgehead atoms. The van der Waals surface area contributed by atoms with Gasteiger partial charge in [-0.2, -0.15) is 0 Å². The van der Waals surface area contributed by atoms with Crippen molar-refractivity contribution in [2.24, 2.45) is 0 Å². The van der Waals surface area contributed by atoms with E-state index in [9.17, 15) is 8.78 Å². The molecule has 0 atom stereocenters. The first-order chi connectivity index (χ1) is 8.52. The quantitative estimate of drug-likeness (QED) is 0.813. The first kappa shape index (κ1) is 11.7. The summed E-state index contributed by atoms with van der Waals surface area (Å²) in [5.74, 6) is -1.00. The Balaban J connectivity index is 2.03. The monoisotopic (exact) mass is 250 g/mol. The van der Waals surface area contributed by atoms with Crippen LogP contribution in [0.5, 0.6) is 0 Å². The molecule has 0 saturated heterocycles. The molecule has 2 aromatic rings. The molecule has 0 unspecified atom stereocenters. The lowest BCUT2D eigenvalue weighted by molar-refractivity contribution is 0.243. The number of aromatic nitrogens is 1. The molecule has 0 aliphatic heterocycles. The summed E-state index contributed by atoms with van der Waals surface area (Å²) in [5.41, 5.74) is 0.650. The molecule has 1 heterocycles. The van der Waals surface area contributed by atoms with Crippen LogP contribution in [0.2, 0.25) is 0 Å². The van der Waals surface area contributed by atoms with Crippen LogP contribution in [0.4, 0.5) is 8.78 Å². The Morgan fingerprint density at radius 3 is 2.61 bits per heavy atom. The van der Waals surface area contributed by atoms with Crippen LogP contribution >= 0.6 is 0 Å². The molecule has 96 valence electrons. The second kappa shape index (κ2) is 3.79. The summed E-state index contributed by atoms with van der Waals surface area (Å²) in [7, 11) is 4.10. The molecule has 0 N–H and O–H groups in total. The minimum absolute atomic E-state index is 0.146. The maximum atomic E-state index is 13.9. The molecule has 18 heavy (non-hydrogen) atoms. The van der Waals surface area contributed by atoms with Crippen LogP contribution in [0.1, 0.15) is 12.8 Å². The zero-order chi connectivity index (χ0) is 12.9. The highest BCUT2D eigenvalue weighted by molar-refractivity contribution is 5.80. The second-order valence-corrected chi connectivity index (χ2v) is 5.39. The van der Waals surface area contributed by atoms with Gasteiger partial charge in [-0.25, -0.2) is 8.78 Å². The van der Waals surface area contributed by atoms with Gasteiger partial charge in [0.15, 0.2) is 0 Å². The lowest BCUT2D eigenvalue weighted by Gasteiger charge is -2.24. The zero-order valence-corrected chi connectivity index (χ0v) is 10.6. The summed E-state index contributed by atoms with van der Waals surface area (Å²) < 4.78 is 28.9. The number of rotatable bonds is 3. The molecule has 1 aliphatic rings. The van der Waals surface area contributed by atoms with Crippen molar-refractivity contribution in [3.63, 3.8) is 0 Å². The first-order valence-electron chi connectivity index (χ1n) is 6.13. The van der Waals surface area contributed by atoms with Gasteiger partial charge in [0.05, 0.1) is 5.52 Å². The number of likely N-dealkylation sites (N-methyl/N-ethyl adjacent to an activating group) is 1. The van der Waals surface area contributed by atoms with Gasteiger partial charge in [-0.15, -0.1) is 0 Å². The van der Waals surface area contributed by atoms with Gasteiger partial charge in [0.25, 0.3) is 0 Å². The molecule has 1 aromatic heterocycles. The highest BCUT2D eigenvalue weighted by Gasteiger charge is 2.45. The van der Waals surface area contributed by atoms with Crippen molar-refractivity contribution in [1.82, 2.24) is 9.47 Å². The molecule has 1 fully saturated rings. The van der Waals surface area contributed by atoms with Crippen molar-refractivity contribution >= 4 is 10.9 Å². The smallest absolute Gasteiger partial charge is 0.150 e. The second-order valence-electron chi connectivity index (χ2n) is 5.39. The highest BCUT2D eigenvalue weighted by atomic mass is 19.1. The Morgan fingerprint density at radius 2 is 2.00 bits per heavy atom. The largest absolute Gasteiger partial charge is 0.343 e. The van der Waals surface area contributed by atoms with Crippen molar-refractivity contribution in [3.05, 3.63) is 36.0 Å². The van der Waals surface area contributed by atoms with E-state index in [2.05, 4.69) is 19.0 Å². The molecule has 1 aliphatic carbocycles. The Bertz CT molecular complexity index is 597. The molecule has 0 radical (unpaired) electrons. The maximum absolute atomic E-state index is 13.9. The summed E-state index contributed by atoms with van der Waals surface area (Å²) in [5, 5.41) is 0.627. The Hall–Kier alpha value is -1.42. The fourth-order valence-corrected chi connectivity index (χ4v) is 2.60. The van der Waals surface area contributed by atoms with E-state index in [-0.39, 0.29) is 5.54 Å². The molecule has 3 rings (SSSR count). The number of fused-ring (bicyclic) bond motifs is 1. The SMILES string of the molecule is CN(C)C1(Cn2ccc3cc(F)cc(F)c32)CC1. The summed E-state index contributed by atoms with van der Waals surface area (Å²) >= 11 is 0. The van der Waals surface area contributed by atoms with Crippen molar-refractivity contribution < 1.29 is 8.78 Å². The fourth-order valence-electron chi connectivity index (χ4n) is 2.60. The Labute approximate surface area is 105 Å². The summed E-state index contributed by atoms with van der Waals surface area (Å²) in [6, 6.07) is 4.10. The minimum atomic E-state index is -0.522. The van der Waals surface area contributed by atoms with Crippen LogP contribution < -0.4 is 0 Å². The number of nitrogens with zero attached hydrogens (tertiary/aromatic N) is 2. The summed E-state index contributed by atoms with van der Waals surface area (Å²) in [4.78, 5) is 2.19. The average molecular weight is 250 g/mol. The van der Waals surface area contributed by atoms with Crippen LogP contribution in [-0.2, 0) is 6.54 Å². The fraction of sp³-hybridized carbons (Fsp3) is 0.429. The van der Waals surface area contributed by atoms with Gasteiger partial charge in [0.1, 0.15) is 11.6 Å². The van der Waals surface area contributed by atoms with E-state index in [4.69, 9.17) is 0 Å². The van der Waals surface area contributed by atoms with Crippen molar-refractivity contribution in [2.45, 2.75) is 24.9 Å². The number of halogens is 2. The lowest BCUT2D eigenvalue weighted by Crippen LogP contribution is -2.34. The third-order valence-electron chi connectivity index (χ3n) is 4.02. The standard InChI is InChI=1S/C14H16F2N2/c1-17(2)14(4-5-14)9-18-6-3-10-7-11(15)8-12(16)13(10)18/h3,6-8H,4-5,9H2,1-2H3. The van der Waals surface area contributed by atoms with Gasteiger partial charge < -0.3 is 9.47 Å². The van der Waals surface area contributed by atoms with Gasteiger partial charge in [0.2, 0.25) is 0 Å². The van der Waals surface area contributed by atoms with Crippen molar-refractivity contribution in [2.75, 3.05) is 14.1 Å². The average Bonchev–Trinajstić information content (AvgIpc) is 2.95.